The van der Waals surface area contributed by atoms with Crippen molar-refractivity contribution in [1.82, 2.24) is 0 Å². The van der Waals surface area contributed by atoms with Gasteiger partial charge in [0.05, 0.1) is 7.17 Å². The van der Waals surface area contributed by atoms with Crippen molar-refractivity contribution >= 4 is 14.9 Å². The van der Waals surface area contributed by atoms with Crippen molar-refractivity contribution in [3.63, 3.8) is 0 Å². The zero-order valence-electron chi connectivity index (χ0n) is 7.46. The topological polar surface area (TPSA) is 0 Å². The molecular weight excluding hydrogens is 130 g/mol. The van der Waals surface area contributed by atoms with Crippen molar-refractivity contribution in [3.8, 4) is 0 Å². The molecular formula is C9H13B2. The summed E-state index contributed by atoms with van der Waals surface area (Å²) in [5.74, 6) is 0. The maximum atomic E-state index is 4.72. The SMILES string of the molecule is Cc1cccc(C)c1.[B][B]C. The predicted molar refractivity (Wildman–Crippen MR) is 53.3 cm³/mol. The Morgan fingerprint density at radius 2 is 1.55 bits per heavy atom. The molecule has 1 aromatic rings. The van der Waals surface area contributed by atoms with Crippen LogP contribution in [0.5, 0.6) is 0 Å². The fourth-order valence-electron chi connectivity index (χ4n) is 0.807. The molecule has 0 aliphatic heterocycles. The molecule has 0 aliphatic carbocycles. The second kappa shape index (κ2) is 6.09. The van der Waals surface area contributed by atoms with Crippen LogP contribution in [-0.4, -0.2) is 14.9 Å². The van der Waals surface area contributed by atoms with Crippen molar-refractivity contribution in [2.75, 3.05) is 0 Å². The summed E-state index contributed by atoms with van der Waals surface area (Å²) in [5, 5.41) is 0. The Kier molecular flexibility index (Phi) is 5.73. The fraction of sp³-hybridized carbons (Fsp3) is 0.333. The Morgan fingerprint density at radius 1 is 1.18 bits per heavy atom. The average molecular weight is 143 g/mol. The molecule has 0 nitrogen and oxygen atoms in total. The van der Waals surface area contributed by atoms with Gasteiger partial charge in [-0.05, 0) is 13.8 Å². The molecule has 0 saturated heterocycles. The summed E-state index contributed by atoms with van der Waals surface area (Å²) in [4.78, 5) is 0. The Labute approximate surface area is 71.7 Å². The zero-order valence-corrected chi connectivity index (χ0v) is 7.46. The average Bonchev–Trinajstić information content (AvgIpc) is 1.88. The summed E-state index contributed by atoms with van der Waals surface area (Å²) in [6.45, 7) is 5.99. The van der Waals surface area contributed by atoms with E-state index < -0.39 is 0 Å². The van der Waals surface area contributed by atoms with Crippen LogP contribution in [0.15, 0.2) is 24.3 Å². The quantitative estimate of drug-likeness (QED) is 0.487. The van der Waals surface area contributed by atoms with Crippen molar-refractivity contribution in [2.24, 2.45) is 0 Å². The van der Waals surface area contributed by atoms with Crippen molar-refractivity contribution in [3.05, 3.63) is 35.4 Å². The molecule has 55 valence electrons. The van der Waals surface area contributed by atoms with E-state index in [1.165, 1.54) is 18.3 Å². The van der Waals surface area contributed by atoms with Gasteiger partial charge in [-0.1, -0.05) is 35.4 Å². The van der Waals surface area contributed by atoms with Crippen LogP contribution < -0.4 is 0 Å². The highest BCUT2D eigenvalue weighted by molar-refractivity contribution is 6.88. The van der Waals surface area contributed by atoms with Crippen LogP contribution in [0.4, 0.5) is 0 Å². The van der Waals surface area contributed by atoms with Crippen molar-refractivity contribution in [1.29, 1.82) is 0 Å². The van der Waals surface area contributed by atoms with Gasteiger partial charge in [-0.15, -0.1) is 6.82 Å². The Balaban J connectivity index is 0.000000292. The smallest absolute Gasteiger partial charge is 0.0502 e. The zero-order chi connectivity index (χ0) is 8.69. The van der Waals surface area contributed by atoms with Gasteiger partial charge < -0.3 is 0 Å². The molecule has 0 heterocycles. The minimum atomic E-state index is 1.34. The van der Waals surface area contributed by atoms with E-state index in [-0.39, 0.29) is 0 Å². The fourth-order valence-corrected chi connectivity index (χ4v) is 0.807. The van der Waals surface area contributed by atoms with Gasteiger partial charge in [0.15, 0.2) is 0 Å². The molecule has 1 aromatic carbocycles. The Hall–Kier alpha value is -0.650. The van der Waals surface area contributed by atoms with Crippen molar-refractivity contribution < 1.29 is 0 Å². The van der Waals surface area contributed by atoms with Crippen molar-refractivity contribution in [2.45, 2.75) is 20.7 Å². The lowest BCUT2D eigenvalue weighted by molar-refractivity contribution is 1.39. The monoisotopic (exact) mass is 143 g/mol. The summed E-state index contributed by atoms with van der Waals surface area (Å²) in [5.41, 5.74) is 2.68. The van der Waals surface area contributed by atoms with Gasteiger partial charge in [-0.25, -0.2) is 0 Å². The molecule has 3 radical (unpaired) electrons. The van der Waals surface area contributed by atoms with Crippen LogP contribution in [0.2, 0.25) is 6.82 Å². The first-order chi connectivity index (χ1) is 5.20. The van der Waals surface area contributed by atoms with Gasteiger partial charge in [0.2, 0.25) is 0 Å². The number of hydrogen-bond donors (Lipinski definition) is 0. The van der Waals surface area contributed by atoms with Crippen LogP contribution in [0.1, 0.15) is 11.1 Å². The van der Waals surface area contributed by atoms with E-state index in [1.54, 1.807) is 6.82 Å². The third kappa shape index (κ3) is 5.78. The molecule has 0 aliphatic rings. The van der Waals surface area contributed by atoms with Gasteiger partial charge in [-0.3, -0.25) is 0 Å². The highest BCUT2D eigenvalue weighted by Gasteiger charge is 1.80. The molecule has 0 spiro atoms. The summed E-state index contributed by atoms with van der Waals surface area (Å²) in [6, 6.07) is 8.45. The highest BCUT2D eigenvalue weighted by atomic mass is 13.9. The number of rotatable bonds is 0. The van der Waals surface area contributed by atoms with Crippen LogP contribution in [0.25, 0.3) is 0 Å². The lowest BCUT2D eigenvalue weighted by Crippen LogP contribution is -1.71. The molecule has 0 unspecified atom stereocenters. The predicted octanol–water partition coefficient (Wildman–Crippen LogP) is 2.13. The van der Waals surface area contributed by atoms with Gasteiger partial charge in [0.1, 0.15) is 0 Å². The molecule has 0 saturated carbocycles. The van der Waals surface area contributed by atoms with Crippen LogP contribution in [0.3, 0.4) is 0 Å². The summed E-state index contributed by atoms with van der Waals surface area (Å²) >= 11 is 0. The van der Waals surface area contributed by atoms with Crippen LogP contribution in [0, 0.1) is 13.8 Å². The molecule has 2 heteroatoms. The van der Waals surface area contributed by atoms with E-state index >= 15 is 0 Å². The maximum Gasteiger partial charge on any atom is 0.0502 e. The van der Waals surface area contributed by atoms with Gasteiger partial charge in [-0.2, -0.15) is 0 Å². The molecule has 0 fully saturated rings. The van der Waals surface area contributed by atoms with Crippen LogP contribution in [-0.2, 0) is 0 Å². The minimum Gasteiger partial charge on any atom is -0.101 e. The van der Waals surface area contributed by atoms with Crippen LogP contribution >= 0.6 is 0 Å². The van der Waals surface area contributed by atoms with E-state index in [1.807, 2.05) is 0 Å². The van der Waals surface area contributed by atoms with E-state index in [0.717, 1.165) is 0 Å². The first kappa shape index (κ1) is 10.3. The normalized spacial score (nSPS) is 7.91. The first-order valence-corrected chi connectivity index (χ1v) is 3.73. The largest absolute Gasteiger partial charge is 0.101 e. The second-order valence-electron chi connectivity index (χ2n) is 2.49. The lowest BCUT2D eigenvalue weighted by atomic mass is 9.59. The molecule has 0 amide bonds. The van der Waals surface area contributed by atoms with Gasteiger partial charge in [0.25, 0.3) is 0 Å². The standard InChI is InChI=1S/C8H10.CH3B2/c1-7-4-3-5-8(2)6-7;1-3-2/h3-6H,1-2H3;1H3. The highest BCUT2D eigenvalue weighted by Crippen LogP contribution is 2.00. The van der Waals surface area contributed by atoms with E-state index in [9.17, 15) is 0 Å². The van der Waals surface area contributed by atoms with E-state index in [2.05, 4.69) is 38.1 Å². The third-order valence-electron chi connectivity index (χ3n) is 1.17. The molecule has 0 aromatic heterocycles. The Morgan fingerprint density at radius 3 is 1.73 bits per heavy atom. The number of aryl methyl sites for hydroxylation is 2. The lowest BCUT2D eigenvalue weighted by Gasteiger charge is -1.90. The second-order valence-corrected chi connectivity index (χ2v) is 2.49. The van der Waals surface area contributed by atoms with Gasteiger partial charge >= 0.3 is 0 Å². The molecule has 1 rings (SSSR count). The number of hydrogen-bond acceptors (Lipinski definition) is 0. The minimum absolute atomic E-state index is 1.34. The summed E-state index contributed by atoms with van der Waals surface area (Å²) in [7, 11) is 6.22. The van der Waals surface area contributed by atoms with E-state index in [0.29, 0.717) is 0 Å². The third-order valence-corrected chi connectivity index (χ3v) is 1.17. The molecule has 11 heavy (non-hydrogen) atoms. The number of benzene rings is 1. The molecule has 0 bridgehead atoms. The Bertz CT molecular complexity index is 179. The maximum absolute atomic E-state index is 4.72. The summed E-state index contributed by atoms with van der Waals surface area (Å²) in [6.07, 6.45) is 0. The van der Waals surface area contributed by atoms with Gasteiger partial charge in [0, 0.05) is 7.74 Å². The molecule has 0 N–H and O–H groups in total. The van der Waals surface area contributed by atoms with E-state index in [4.69, 9.17) is 7.74 Å². The summed E-state index contributed by atoms with van der Waals surface area (Å²) < 4.78 is 0. The molecule has 0 atom stereocenters. The first-order valence-electron chi connectivity index (χ1n) is 3.73.